The normalized spacial score (nSPS) is 11.3. The van der Waals surface area contributed by atoms with E-state index in [9.17, 15) is 9.59 Å². The molecule has 0 atom stereocenters. The van der Waals surface area contributed by atoms with E-state index in [2.05, 4.69) is 6.92 Å². The minimum Gasteiger partial charge on any atom is -0.465 e. The third kappa shape index (κ3) is 5.85. The van der Waals surface area contributed by atoms with E-state index in [1.807, 2.05) is 0 Å². The van der Waals surface area contributed by atoms with Gasteiger partial charge in [0.05, 0.1) is 6.61 Å². The average molecular weight is 242 g/mol. The Balaban J connectivity index is 3.99. The van der Waals surface area contributed by atoms with Gasteiger partial charge in [-0.15, -0.1) is 0 Å². The third-order valence-electron chi connectivity index (χ3n) is 2.99. The van der Waals surface area contributed by atoms with Crippen LogP contribution < -0.4 is 0 Å². The molecule has 0 fully saturated rings. The molecule has 0 aromatic rings. The number of hydrogen-bond acceptors (Lipinski definition) is 3. The molecule has 0 aliphatic carbocycles. The minimum atomic E-state index is -0.985. The maximum absolute atomic E-state index is 11.9. The van der Waals surface area contributed by atoms with Crippen molar-refractivity contribution in [3.05, 3.63) is 0 Å². The van der Waals surface area contributed by atoms with Crippen LogP contribution in [-0.2, 0) is 14.3 Å². The highest BCUT2D eigenvalue weighted by Crippen LogP contribution is 2.22. The van der Waals surface area contributed by atoms with Gasteiger partial charge >= 0.3 is 5.97 Å². The van der Waals surface area contributed by atoms with Crippen LogP contribution in [0, 0.1) is 5.41 Å². The van der Waals surface area contributed by atoms with Crippen LogP contribution >= 0.6 is 0 Å². The number of carbonyl (C=O) groups excluding carboxylic acids is 2. The zero-order chi connectivity index (χ0) is 13.3. The summed E-state index contributed by atoms with van der Waals surface area (Å²) in [6, 6.07) is 0. The van der Waals surface area contributed by atoms with E-state index >= 15 is 0 Å². The summed E-state index contributed by atoms with van der Waals surface area (Å²) >= 11 is 0. The summed E-state index contributed by atoms with van der Waals surface area (Å²) in [5.41, 5.74) is -0.985. The lowest BCUT2D eigenvalue weighted by Gasteiger charge is -2.20. The molecule has 0 bridgehead atoms. The third-order valence-corrected chi connectivity index (χ3v) is 2.99. The van der Waals surface area contributed by atoms with E-state index in [-0.39, 0.29) is 5.78 Å². The molecule has 0 aromatic heterocycles. The maximum atomic E-state index is 11.9. The molecule has 0 saturated heterocycles. The predicted octanol–water partition coefficient (Wildman–Crippen LogP) is 3.51. The summed E-state index contributed by atoms with van der Waals surface area (Å²) in [5.74, 6) is -0.411. The smallest absolute Gasteiger partial charge is 0.319 e. The van der Waals surface area contributed by atoms with Crippen molar-refractivity contribution >= 4 is 11.8 Å². The fourth-order valence-electron chi connectivity index (χ4n) is 1.63. The number of unbranched alkanes of at least 4 members (excludes halogenated alkanes) is 4. The summed E-state index contributed by atoms with van der Waals surface area (Å²) in [6.07, 6.45) is 6.01. The molecule has 0 heterocycles. The Bertz CT molecular complexity index is 244. The van der Waals surface area contributed by atoms with Crippen molar-refractivity contribution in [2.45, 2.75) is 66.2 Å². The Labute approximate surface area is 105 Å². The first-order chi connectivity index (χ1) is 7.96. The molecule has 0 aliphatic rings. The summed E-state index contributed by atoms with van der Waals surface area (Å²) in [5, 5.41) is 0. The molecule has 0 amide bonds. The molecule has 0 saturated carbocycles. The number of esters is 1. The maximum Gasteiger partial charge on any atom is 0.319 e. The fraction of sp³-hybridized carbons (Fsp3) is 0.857. The predicted molar refractivity (Wildman–Crippen MR) is 68.8 cm³/mol. The van der Waals surface area contributed by atoms with E-state index in [0.717, 1.165) is 12.8 Å². The molecular weight excluding hydrogens is 216 g/mol. The zero-order valence-electron chi connectivity index (χ0n) is 11.7. The molecule has 0 aliphatic heterocycles. The first-order valence-electron chi connectivity index (χ1n) is 6.67. The minimum absolute atomic E-state index is 0.00699. The van der Waals surface area contributed by atoms with Gasteiger partial charge in [0, 0.05) is 6.42 Å². The van der Waals surface area contributed by atoms with Gasteiger partial charge in [-0.3, -0.25) is 9.59 Å². The summed E-state index contributed by atoms with van der Waals surface area (Å²) in [7, 11) is 0. The number of rotatable bonds is 9. The second-order valence-corrected chi connectivity index (χ2v) is 4.93. The Kier molecular flexibility index (Phi) is 7.85. The first kappa shape index (κ1) is 16.1. The number of ketones is 1. The van der Waals surface area contributed by atoms with Gasteiger partial charge in [-0.1, -0.05) is 32.6 Å². The fourth-order valence-corrected chi connectivity index (χ4v) is 1.63. The topological polar surface area (TPSA) is 43.4 Å². The molecule has 0 unspecified atom stereocenters. The second kappa shape index (κ2) is 8.26. The van der Waals surface area contributed by atoms with Crippen molar-refractivity contribution in [1.82, 2.24) is 0 Å². The summed E-state index contributed by atoms with van der Waals surface area (Å²) in [4.78, 5) is 23.5. The van der Waals surface area contributed by atoms with E-state index in [4.69, 9.17) is 4.74 Å². The van der Waals surface area contributed by atoms with Crippen LogP contribution in [0.2, 0.25) is 0 Å². The van der Waals surface area contributed by atoms with E-state index in [1.54, 1.807) is 20.8 Å². The Morgan fingerprint density at radius 2 is 1.59 bits per heavy atom. The van der Waals surface area contributed by atoms with Crippen molar-refractivity contribution in [2.24, 2.45) is 5.41 Å². The number of hydrogen-bond donors (Lipinski definition) is 0. The van der Waals surface area contributed by atoms with Crippen molar-refractivity contribution < 1.29 is 14.3 Å². The van der Waals surface area contributed by atoms with Gasteiger partial charge in [-0.05, 0) is 27.2 Å². The quantitative estimate of drug-likeness (QED) is 0.353. The standard InChI is InChI=1S/C14H26O3/c1-5-7-8-9-10-11-12(15)14(3,4)13(16)17-6-2/h5-11H2,1-4H3. The molecule has 100 valence electrons. The second-order valence-electron chi connectivity index (χ2n) is 4.93. The molecule has 0 spiro atoms. The van der Waals surface area contributed by atoms with E-state index < -0.39 is 11.4 Å². The van der Waals surface area contributed by atoms with Crippen LogP contribution in [0.5, 0.6) is 0 Å². The Morgan fingerprint density at radius 3 is 2.12 bits per heavy atom. The highest BCUT2D eigenvalue weighted by Gasteiger charge is 2.36. The van der Waals surface area contributed by atoms with Gasteiger partial charge in [0.1, 0.15) is 11.2 Å². The van der Waals surface area contributed by atoms with Crippen LogP contribution in [0.15, 0.2) is 0 Å². The molecule has 3 nitrogen and oxygen atoms in total. The summed E-state index contributed by atoms with van der Waals surface area (Å²) < 4.78 is 4.91. The number of ether oxygens (including phenoxy) is 1. The lowest BCUT2D eigenvalue weighted by Crippen LogP contribution is -2.35. The van der Waals surface area contributed by atoms with Crippen LogP contribution in [0.4, 0.5) is 0 Å². The lowest BCUT2D eigenvalue weighted by molar-refractivity contribution is -0.157. The largest absolute Gasteiger partial charge is 0.465 e. The Hall–Kier alpha value is -0.860. The number of Topliss-reactive ketones (excluding diaryl/α,β-unsaturated/α-hetero) is 1. The van der Waals surface area contributed by atoms with Gasteiger partial charge in [0.2, 0.25) is 0 Å². The number of carbonyl (C=O) groups is 2. The molecule has 0 aromatic carbocycles. The van der Waals surface area contributed by atoms with Gasteiger partial charge in [-0.25, -0.2) is 0 Å². The van der Waals surface area contributed by atoms with Gasteiger partial charge in [-0.2, -0.15) is 0 Å². The van der Waals surface area contributed by atoms with Crippen LogP contribution in [-0.4, -0.2) is 18.4 Å². The van der Waals surface area contributed by atoms with Crippen LogP contribution in [0.1, 0.15) is 66.2 Å². The van der Waals surface area contributed by atoms with Crippen LogP contribution in [0.25, 0.3) is 0 Å². The van der Waals surface area contributed by atoms with Crippen molar-refractivity contribution in [2.75, 3.05) is 6.61 Å². The Morgan fingerprint density at radius 1 is 1.00 bits per heavy atom. The van der Waals surface area contributed by atoms with Gasteiger partial charge in [0.25, 0.3) is 0 Å². The van der Waals surface area contributed by atoms with Gasteiger partial charge in [0.15, 0.2) is 0 Å². The molecule has 0 N–H and O–H groups in total. The molecule has 0 rings (SSSR count). The monoisotopic (exact) mass is 242 g/mol. The molecule has 0 radical (unpaired) electrons. The van der Waals surface area contributed by atoms with E-state index in [0.29, 0.717) is 13.0 Å². The van der Waals surface area contributed by atoms with Crippen molar-refractivity contribution in [3.8, 4) is 0 Å². The highest BCUT2D eigenvalue weighted by molar-refractivity contribution is 6.02. The van der Waals surface area contributed by atoms with Crippen molar-refractivity contribution in [3.63, 3.8) is 0 Å². The molecular formula is C14H26O3. The van der Waals surface area contributed by atoms with E-state index in [1.165, 1.54) is 19.3 Å². The SMILES string of the molecule is CCCCCCCC(=O)C(C)(C)C(=O)OCC. The molecule has 3 heteroatoms. The molecule has 17 heavy (non-hydrogen) atoms. The average Bonchev–Trinajstić information content (AvgIpc) is 2.28. The van der Waals surface area contributed by atoms with Gasteiger partial charge < -0.3 is 4.74 Å². The van der Waals surface area contributed by atoms with Crippen LogP contribution in [0.3, 0.4) is 0 Å². The van der Waals surface area contributed by atoms with Crippen molar-refractivity contribution in [1.29, 1.82) is 0 Å². The highest BCUT2D eigenvalue weighted by atomic mass is 16.5. The summed E-state index contributed by atoms with van der Waals surface area (Å²) in [6.45, 7) is 7.54. The first-order valence-corrected chi connectivity index (χ1v) is 6.67. The zero-order valence-corrected chi connectivity index (χ0v) is 11.7. The lowest BCUT2D eigenvalue weighted by atomic mass is 9.85.